The Bertz CT molecular complexity index is 740. The highest BCUT2D eigenvalue weighted by Gasteiger charge is 2.39. The van der Waals surface area contributed by atoms with Gasteiger partial charge >= 0.3 is 5.97 Å². The van der Waals surface area contributed by atoms with Crippen LogP contribution < -0.4 is 0 Å². The molecule has 0 unspecified atom stereocenters. The van der Waals surface area contributed by atoms with E-state index in [1.165, 1.54) is 5.56 Å². The van der Waals surface area contributed by atoms with Gasteiger partial charge in [0.25, 0.3) is 0 Å². The van der Waals surface area contributed by atoms with Crippen LogP contribution in [0.5, 0.6) is 0 Å². The van der Waals surface area contributed by atoms with Crippen LogP contribution in [0.15, 0.2) is 24.8 Å². The van der Waals surface area contributed by atoms with Crippen LogP contribution in [0.3, 0.4) is 0 Å². The molecule has 0 heterocycles. The molecule has 0 bridgehead atoms. The molecule has 0 radical (unpaired) electrons. The first kappa shape index (κ1) is 28.6. The number of hydrogen-bond acceptors (Lipinski definition) is 3. The highest BCUT2D eigenvalue weighted by Crippen LogP contribution is 2.38. The van der Waals surface area contributed by atoms with Gasteiger partial charge in [0.15, 0.2) is 8.32 Å². The Morgan fingerprint density at radius 2 is 1.50 bits per heavy atom. The van der Waals surface area contributed by atoms with Gasteiger partial charge in [0.2, 0.25) is 0 Å². The third kappa shape index (κ3) is 7.59. The number of carbonyl (C=O) groups is 1. The predicted octanol–water partition coefficient (Wildman–Crippen LogP) is 8.57. The molecule has 0 saturated carbocycles. The maximum Gasteiger partial charge on any atom is 0.338 e. The number of esters is 1. The summed E-state index contributed by atoms with van der Waals surface area (Å²) in [5.41, 5.74) is 4.21. The zero-order valence-corrected chi connectivity index (χ0v) is 23.6. The molecule has 0 aromatic heterocycles. The summed E-state index contributed by atoms with van der Waals surface area (Å²) in [6.07, 6.45) is 3.38. The first-order chi connectivity index (χ1) is 14.6. The van der Waals surface area contributed by atoms with E-state index in [-0.39, 0.29) is 28.9 Å². The first-order valence-corrected chi connectivity index (χ1v) is 15.2. The molecule has 32 heavy (non-hydrogen) atoms. The average molecular weight is 461 g/mol. The molecule has 0 N–H and O–H groups in total. The Hall–Kier alpha value is -1.39. The van der Waals surface area contributed by atoms with Crippen molar-refractivity contribution in [3.05, 3.63) is 47.0 Å². The van der Waals surface area contributed by atoms with Crippen LogP contribution in [-0.4, -0.2) is 27.0 Å². The molecule has 0 amide bonds. The molecule has 0 aliphatic rings. The third-order valence-electron chi connectivity index (χ3n) is 6.71. The van der Waals surface area contributed by atoms with Gasteiger partial charge in [-0.15, -0.1) is 6.58 Å². The fraction of sp³-hybridized carbons (Fsp3) is 0.679. The van der Waals surface area contributed by atoms with Crippen LogP contribution in [0, 0.1) is 0 Å². The van der Waals surface area contributed by atoms with Gasteiger partial charge in [-0.25, -0.2) is 4.79 Å². The zero-order valence-electron chi connectivity index (χ0n) is 22.6. The van der Waals surface area contributed by atoms with Crippen molar-refractivity contribution in [2.75, 3.05) is 6.61 Å². The topological polar surface area (TPSA) is 35.5 Å². The van der Waals surface area contributed by atoms with Crippen LogP contribution >= 0.6 is 0 Å². The molecule has 0 fully saturated rings. The molecule has 0 spiro atoms. The van der Waals surface area contributed by atoms with E-state index in [0.29, 0.717) is 18.9 Å². The van der Waals surface area contributed by atoms with Gasteiger partial charge < -0.3 is 9.16 Å². The standard InChI is InChI=1S/C28H48O3Si/c1-13-14-23(31-32(11,12)28(8,9)10)15-16-30-27(29)26-24(20(4)5)17-22(19(2)3)18-25(26)21(6)7/h13,17-21,23H,1,14-16H2,2-12H3/t23-/m1/s1. The highest BCUT2D eigenvalue weighted by atomic mass is 28.4. The second-order valence-electron chi connectivity index (χ2n) is 11.5. The van der Waals surface area contributed by atoms with E-state index < -0.39 is 8.32 Å². The molecule has 0 aliphatic carbocycles. The van der Waals surface area contributed by atoms with Crippen LogP contribution in [-0.2, 0) is 9.16 Å². The van der Waals surface area contributed by atoms with Gasteiger partial charge in [-0.2, -0.15) is 0 Å². The molecular formula is C28H48O3Si. The van der Waals surface area contributed by atoms with Crippen LogP contribution in [0.25, 0.3) is 0 Å². The molecule has 0 aliphatic heterocycles. The Morgan fingerprint density at radius 1 is 1.00 bits per heavy atom. The maximum atomic E-state index is 13.3. The summed E-state index contributed by atoms with van der Waals surface area (Å²) in [4.78, 5) is 13.3. The third-order valence-corrected chi connectivity index (χ3v) is 11.2. The van der Waals surface area contributed by atoms with Crippen LogP contribution in [0.2, 0.25) is 18.1 Å². The lowest BCUT2D eigenvalue weighted by molar-refractivity contribution is 0.0438. The van der Waals surface area contributed by atoms with Crippen LogP contribution in [0.1, 0.15) is 120 Å². The molecular weight excluding hydrogens is 412 g/mol. The normalized spacial score (nSPS) is 13.7. The molecule has 3 nitrogen and oxygen atoms in total. The Balaban J connectivity index is 3.07. The molecule has 1 rings (SSSR count). The van der Waals surface area contributed by atoms with E-state index in [9.17, 15) is 4.79 Å². The molecule has 1 aromatic carbocycles. The Kier molecular flexibility index (Phi) is 10.4. The number of carbonyl (C=O) groups excluding carboxylic acids is 1. The quantitative estimate of drug-likeness (QED) is 0.188. The van der Waals surface area contributed by atoms with E-state index in [0.717, 1.165) is 23.1 Å². The number of benzene rings is 1. The Labute approximate surface area is 199 Å². The summed E-state index contributed by atoms with van der Waals surface area (Å²) >= 11 is 0. The largest absolute Gasteiger partial charge is 0.462 e. The van der Waals surface area contributed by atoms with E-state index in [4.69, 9.17) is 9.16 Å². The maximum absolute atomic E-state index is 13.3. The van der Waals surface area contributed by atoms with E-state index in [1.807, 2.05) is 6.08 Å². The molecule has 1 atom stereocenters. The van der Waals surface area contributed by atoms with E-state index >= 15 is 0 Å². The van der Waals surface area contributed by atoms with Crippen molar-refractivity contribution >= 4 is 14.3 Å². The van der Waals surface area contributed by atoms with Crippen molar-refractivity contribution in [1.82, 2.24) is 0 Å². The van der Waals surface area contributed by atoms with Crippen molar-refractivity contribution < 1.29 is 14.0 Å². The summed E-state index contributed by atoms with van der Waals surface area (Å²) in [6, 6.07) is 4.39. The lowest BCUT2D eigenvalue weighted by Crippen LogP contribution is -2.44. The number of rotatable bonds is 11. The summed E-state index contributed by atoms with van der Waals surface area (Å²) in [7, 11) is -1.90. The van der Waals surface area contributed by atoms with Crippen LogP contribution in [0.4, 0.5) is 0 Å². The fourth-order valence-corrected chi connectivity index (χ4v) is 4.95. The van der Waals surface area contributed by atoms with Crippen molar-refractivity contribution in [2.24, 2.45) is 0 Å². The zero-order chi connectivity index (χ0) is 24.9. The van der Waals surface area contributed by atoms with Gasteiger partial charge in [0.05, 0.1) is 18.3 Å². The highest BCUT2D eigenvalue weighted by molar-refractivity contribution is 6.74. The van der Waals surface area contributed by atoms with E-state index in [2.05, 4.69) is 94.1 Å². The van der Waals surface area contributed by atoms with Gasteiger partial charge in [0, 0.05) is 6.42 Å². The minimum atomic E-state index is -1.90. The second kappa shape index (κ2) is 11.6. The molecule has 1 aromatic rings. The van der Waals surface area contributed by atoms with E-state index in [1.54, 1.807) is 0 Å². The van der Waals surface area contributed by atoms with Gasteiger partial charge in [-0.05, 0) is 59.0 Å². The SMILES string of the molecule is C=CC[C@H](CCOC(=O)c1c(C(C)C)cc(C(C)C)cc1C(C)C)O[Si](C)(C)C(C)(C)C. The van der Waals surface area contributed by atoms with Gasteiger partial charge in [-0.3, -0.25) is 0 Å². The second-order valence-corrected chi connectivity index (χ2v) is 16.2. The Morgan fingerprint density at radius 3 is 1.88 bits per heavy atom. The minimum absolute atomic E-state index is 0.0265. The lowest BCUT2D eigenvalue weighted by atomic mass is 9.84. The summed E-state index contributed by atoms with van der Waals surface area (Å²) in [5.74, 6) is 0.716. The lowest BCUT2D eigenvalue weighted by Gasteiger charge is -2.39. The smallest absolute Gasteiger partial charge is 0.338 e. The average Bonchev–Trinajstić information content (AvgIpc) is 2.65. The fourth-order valence-electron chi connectivity index (χ4n) is 3.55. The molecule has 4 heteroatoms. The number of hydrogen-bond donors (Lipinski definition) is 0. The summed E-state index contributed by atoms with van der Waals surface area (Å²) < 4.78 is 12.4. The van der Waals surface area contributed by atoms with Crippen molar-refractivity contribution in [3.8, 4) is 0 Å². The summed E-state index contributed by atoms with van der Waals surface area (Å²) in [6.45, 7) is 28.5. The predicted molar refractivity (Wildman–Crippen MR) is 140 cm³/mol. The van der Waals surface area contributed by atoms with Gasteiger partial charge in [-0.1, -0.05) is 80.5 Å². The minimum Gasteiger partial charge on any atom is -0.462 e. The number of ether oxygens (including phenoxy) is 1. The monoisotopic (exact) mass is 460 g/mol. The molecule has 0 saturated heterocycles. The van der Waals surface area contributed by atoms with Crippen molar-refractivity contribution in [2.45, 2.75) is 117 Å². The van der Waals surface area contributed by atoms with Crippen molar-refractivity contribution in [1.29, 1.82) is 0 Å². The molecule has 182 valence electrons. The summed E-state index contributed by atoms with van der Waals surface area (Å²) in [5, 5.41) is 0.138. The van der Waals surface area contributed by atoms with Crippen molar-refractivity contribution in [3.63, 3.8) is 0 Å². The van der Waals surface area contributed by atoms with Gasteiger partial charge in [0.1, 0.15) is 0 Å². The first-order valence-electron chi connectivity index (χ1n) is 12.3.